The van der Waals surface area contributed by atoms with Gasteiger partial charge in [-0.1, -0.05) is 6.07 Å². The number of aromatic nitrogens is 1. The molecule has 1 amide bonds. The van der Waals surface area contributed by atoms with Gasteiger partial charge in [-0.15, -0.1) is 11.3 Å². The smallest absolute Gasteiger partial charge is 0.225 e. The lowest BCUT2D eigenvalue weighted by Gasteiger charge is -2.24. The van der Waals surface area contributed by atoms with Crippen molar-refractivity contribution in [1.82, 2.24) is 10.3 Å². The van der Waals surface area contributed by atoms with E-state index in [9.17, 15) is 9.90 Å². The summed E-state index contributed by atoms with van der Waals surface area (Å²) in [6, 6.07) is 9.74. The Morgan fingerprint density at radius 3 is 3.00 bits per heavy atom. The predicted octanol–water partition coefficient (Wildman–Crippen LogP) is 1.75. The minimum atomic E-state index is -0.890. The fraction of sp³-hybridized carbons (Fsp3) is 0.412. The molecule has 1 atom stereocenters. The van der Waals surface area contributed by atoms with Crippen LogP contribution in [0.5, 0.6) is 0 Å². The first-order valence-corrected chi connectivity index (χ1v) is 8.56. The highest BCUT2D eigenvalue weighted by Gasteiger charge is 2.36. The monoisotopic (exact) mass is 331 g/mol. The van der Waals surface area contributed by atoms with E-state index < -0.39 is 5.60 Å². The Morgan fingerprint density at radius 2 is 2.30 bits per heavy atom. The second-order valence-corrected chi connectivity index (χ2v) is 7.42. The molecule has 0 aromatic carbocycles. The number of rotatable bonds is 5. The van der Waals surface area contributed by atoms with Gasteiger partial charge in [0.1, 0.15) is 11.4 Å². The van der Waals surface area contributed by atoms with Crippen LogP contribution in [0, 0.1) is 6.92 Å². The van der Waals surface area contributed by atoms with E-state index in [-0.39, 0.29) is 12.5 Å². The average molecular weight is 331 g/mol. The lowest BCUT2D eigenvalue weighted by molar-refractivity contribution is -0.121. The molecular formula is C17H21N3O2S. The van der Waals surface area contributed by atoms with E-state index in [0.29, 0.717) is 19.4 Å². The fourth-order valence-corrected chi connectivity index (χ4v) is 3.69. The van der Waals surface area contributed by atoms with Crippen LogP contribution in [0.15, 0.2) is 36.5 Å². The van der Waals surface area contributed by atoms with Crippen LogP contribution in [-0.4, -0.2) is 41.2 Å². The van der Waals surface area contributed by atoms with Crippen LogP contribution in [0.2, 0.25) is 0 Å². The van der Waals surface area contributed by atoms with Crippen molar-refractivity contribution >= 4 is 23.1 Å². The Kier molecular flexibility index (Phi) is 4.63. The molecule has 2 aromatic heterocycles. The molecule has 0 spiro atoms. The number of aryl methyl sites for hydroxylation is 1. The third-order valence-corrected chi connectivity index (χ3v) is 5.05. The number of hydrogen-bond acceptors (Lipinski definition) is 5. The van der Waals surface area contributed by atoms with Gasteiger partial charge in [0.25, 0.3) is 0 Å². The Labute approximate surface area is 140 Å². The number of β-amino-alcohol motifs (C(OH)–C–C–N with tert-alkyl or cyclic N) is 1. The van der Waals surface area contributed by atoms with Crippen LogP contribution < -0.4 is 10.2 Å². The van der Waals surface area contributed by atoms with Crippen LogP contribution in [0.25, 0.3) is 0 Å². The second kappa shape index (κ2) is 6.68. The van der Waals surface area contributed by atoms with Gasteiger partial charge in [-0.25, -0.2) is 4.98 Å². The normalized spacial score (nSPS) is 20.7. The molecular weight excluding hydrogens is 310 g/mol. The molecule has 23 heavy (non-hydrogen) atoms. The molecule has 3 rings (SSSR count). The standard InChI is InChI=1S/C17H21N3O2S/c1-13-5-6-14(23-13)10-16(21)19-11-17(22)7-9-20(12-17)15-4-2-3-8-18-15/h2-6,8,22H,7,9-12H2,1H3,(H,19,21)/t17-/m0/s1. The molecule has 0 saturated carbocycles. The van der Waals surface area contributed by atoms with E-state index in [1.165, 1.54) is 4.88 Å². The summed E-state index contributed by atoms with van der Waals surface area (Å²) in [5.41, 5.74) is -0.890. The SMILES string of the molecule is Cc1ccc(CC(=O)NC[C@@]2(O)CCN(c3ccccn3)C2)s1. The summed E-state index contributed by atoms with van der Waals surface area (Å²) in [5.74, 6) is 0.820. The third-order valence-electron chi connectivity index (χ3n) is 4.05. The van der Waals surface area contributed by atoms with Crippen molar-refractivity contribution in [2.75, 3.05) is 24.5 Å². The number of carbonyl (C=O) groups is 1. The molecule has 3 heterocycles. The van der Waals surface area contributed by atoms with Crippen LogP contribution in [0.1, 0.15) is 16.2 Å². The summed E-state index contributed by atoms with van der Waals surface area (Å²) in [6.07, 6.45) is 2.75. The van der Waals surface area contributed by atoms with E-state index in [4.69, 9.17) is 0 Å². The van der Waals surface area contributed by atoms with Crippen molar-refractivity contribution in [2.24, 2.45) is 0 Å². The van der Waals surface area contributed by atoms with Crippen LogP contribution >= 0.6 is 11.3 Å². The highest BCUT2D eigenvalue weighted by atomic mass is 32.1. The van der Waals surface area contributed by atoms with Crippen molar-refractivity contribution in [2.45, 2.75) is 25.4 Å². The van der Waals surface area contributed by atoms with Gasteiger partial charge in [0.05, 0.1) is 6.42 Å². The number of nitrogens with one attached hydrogen (secondary N) is 1. The van der Waals surface area contributed by atoms with Gasteiger partial charge in [0, 0.05) is 35.6 Å². The lowest BCUT2D eigenvalue weighted by Crippen LogP contribution is -2.45. The largest absolute Gasteiger partial charge is 0.386 e. The molecule has 0 bridgehead atoms. The van der Waals surface area contributed by atoms with Crippen molar-refractivity contribution in [3.63, 3.8) is 0 Å². The van der Waals surface area contributed by atoms with Gasteiger partial charge in [0.2, 0.25) is 5.91 Å². The molecule has 0 aliphatic carbocycles. The zero-order valence-corrected chi connectivity index (χ0v) is 14.0. The molecule has 2 N–H and O–H groups in total. The van der Waals surface area contributed by atoms with Crippen LogP contribution in [0.3, 0.4) is 0 Å². The summed E-state index contributed by atoms with van der Waals surface area (Å²) in [6.45, 7) is 3.54. The van der Waals surface area contributed by atoms with Crippen molar-refractivity contribution in [3.8, 4) is 0 Å². The summed E-state index contributed by atoms with van der Waals surface area (Å²) in [4.78, 5) is 20.6. The quantitative estimate of drug-likeness (QED) is 0.876. The number of hydrogen-bond donors (Lipinski definition) is 2. The van der Waals surface area contributed by atoms with Gasteiger partial charge < -0.3 is 15.3 Å². The highest BCUT2D eigenvalue weighted by Crippen LogP contribution is 2.24. The minimum Gasteiger partial charge on any atom is -0.386 e. The predicted molar refractivity (Wildman–Crippen MR) is 91.8 cm³/mol. The van der Waals surface area contributed by atoms with E-state index >= 15 is 0 Å². The summed E-state index contributed by atoms with van der Waals surface area (Å²) in [5, 5.41) is 13.5. The third kappa shape index (κ3) is 4.09. The number of thiophene rings is 1. The van der Waals surface area contributed by atoms with Crippen molar-refractivity contribution in [3.05, 3.63) is 46.3 Å². The van der Waals surface area contributed by atoms with E-state index in [1.54, 1.807) is 17.5 Å². The first-order chi connectivity index (χ1) is 11.0. The molecule has 0 unspecified atom stereocenters. The molecule has 5 nitrogen and oxygen atoms in total. The van der Waals surface area contributed by atoms with Gasteiger partial charge in [-0.3, -0.25) is 4.79 Å². The number of amides is 1. The molecule has 122 valence electrons. The van der Waals surface area contributed by atoms with Crippen LogP contribution in [0.4, 0.5) is 5.82 Å². The first-order valence-electron chi connectivity index (χ1n) is 7.74. The zero-order chi connectivity index (χ0) is 16.3. The number of carbonyl (C=O) groups excluding carboxylic acids is 1. The molecule has 6 heteroatoms. The van der Waals surface area contributed by atoms with E-state index in [1.807, 2.05) is 37.3 Å². The van der Waals surface area contributed by atoms with E-state index in [2.05, 4.69) is 15.2 Å². The Morgan fingerprint density at radius 1 is 1.43 bits per heavy atom. The Hall–Kier alpha value is -1.92. The number of aliphatic hydroxyl groups is 1. The Balaban J connectivity index is 1.51. The maximum atomic E-state index is 12.0. The van der Waals surface area contributed by atoms with Gasteiger partial charge in [-0.2, -0.15) is 0 Å². The Bertz CT molecular complexity index is 673. The molecule has 1 saturated heterocycles. The van der Waals surface area contributed by atoms with Gasteiger partial charge in [0.15, 0.2) is 0 Å². The zero-order valence-electron chi connectivity index (χ0n) is 13.2. The highest BCUT2D eigenvalue weighted by molar-refractivity contribution is 7.12. The lowest BCUT2D eigenvalue weighted by atomic mass is 10.0. The summed E-state index contributed by atoms with van der Waals surface area (Å²) in [7, 11) is 0. The van der Waals surface area contributed by atoms with Crippen molar-refractivity contribution < 1.29 is 9.90 Å². The number of anilines is 1. The molecule has 1 fully saturated rings. The van der Waals surface area contributed by atoms with Crippen molar-refractivity contribution in [1.29, 1.82) is 0 Å². The fourth-order valence-electron chi connectivity index (χ4n) is 2.80. The van der Waals surface area contributed by atoms with Gasteiger partial charge >= 0.3 is 0 Å². The number of nitrogens with zero attached hydrogens (tertiary/aromatic N) is 2. The van der Waals surface area contributed by atoms with Gasteiger partial charge in [-0.05, 0) is 37.6 Å². The minimum absolute atomic E-state index is 0.0449. The first kappa shape index (κ1) is 16.0. The summed E-state index contributed by atoms with van der Waals surface area (Å²) < 4.78 is 0. The van der Waals surface area contributed by atoms with Crippen LogP contribution in [-0.2, 0) is 11.2 Å². The van der Waals surface area contributed by atoms with E-state index in [0.717, 1.165) is 17.2 Å². The topological polar surface area (TPSA) is 65.5 Å². The second-order valence-electron chi connectivity index (χ2n) is 6.05. The summed E-state index contributed by atoms with van der Waals surface area (Å²) >= 11 is 1.63. The average Bonchev–Trinajstić information content (AvgIpc) is 3.13. The number of pyridine rings is 1. The maximum Gasteiger partial charge on any atom is 0.225 e. The molecule has 1 aliphatic heterocycles. The molecule has 1 aliphatic rings. The molecule has 0 radical (unpaired) electrons. The maximum absolute atomic E-state index is 12.0. The molecule has 2 aromatic rings.